The molecule has 1 fully saturated rings. The van der Waals surface area contributed by atoms with E-state index in [1.807, 2.05) is 42.7 Å². The Hall–Kier alpha value is -3.33. The highest BCUT2D eigenvalue weighted by Crippen LogP contribution is 2.22. The van der Waals surface area contributed by atoms with E-state index in [1.54, 1.807) is 6.07 Å². The Morgan fingerprint density at radius 3 is 2.61 bits per heavy atom. The van der Waals surface area contributed by atoms with Crippen molar-refractivity contribution in [1.82, 2.24) is 9.47 Å². The van der Waals surface area contributed by atoms with Gasteiger partial charge >= 0.3 is 0 Å². The number of pyridine rings is 1. The van der Waals surface area contributed by atoms with Crippen molar-refractivity contribution >= 4 is 0 Å². The fourth-order valence-corrected chi connectivity index (χ4v) is 4.64. The molecule has 0 saturated carbocycles. The molecule has 1 aromatic heterocycles. The van der Waals surface area contributed by atoms with Crippen LogP contribution in [-0.2, 0) is 11.3 Å². The number of benzene rings is 2. The van der Waals surface area contributed by atoms with Crippen LogP contribution in [0.5, 0.6) is 5.75 Å². The molecule has 2 aromatic carbocycles. The van der Waals surface area contributed by atoms with Crippen molar-refractivity contribution in [3.05, 3.63) is 99.5 Å². The summed E-state index contributed by atoms with van der Waals surface area (Å²) >= 11 is 0. The molecular weight excluding hydrogens is 448 g/mol. The van der Waals surface area contributed by atoms with E-state index in [2.05, 4.69) is 60.2 Å². The van der Waals surface area contributed by atoms with Gasteiger partial charge in [0.15, 0.2) is 0 Å². The molecule has 188 valence electrons. The van der Waals surface area contributed by atoms with Gasteiger partial charge in [0.2, 0.25) is 0 Å². The zero-order valence-electron chi connectivity index (χ0n) is 21.6. The summed E-state index contributed by atoms with van der Waals surface area (Å²) < 4.78 is 13.3. The van der Waals surface area contributed by atoms with Crippen molar-refractivity contribution in [1.29, 1.82) is 0 Å². The summed E-state index contributed by atoms with van der Waals surface area (Å²) in [6, 6.07) is 22.0. The molecule has 3 aromatic rings. The topological polar surface area (TPSA) is 43.7 Å². The van der Waals surface area contributed by atoms with Crippen LogP contribution in [0.15, 0.2) is 71.5 Å². The van der Waals surface area contributed by atoms with E-state index in [0.29, 0.717) is 24.8 Å². The van der Waals surface area contributed by atoms with E-state index in [4.69, 9.17) is 9.47 Å². The lowest BCUT2D eigenvalue weighted by atomic mass is 10.0. The predicted molar refractivity (Wildman–Crippen MR) is 144 cm³/mol. The normalized spacial score (nSPS) is 16.3. The van der Waals surface area contributed by atoms with Crippen LogP contribution < -0.4 is 10.3 Å². The third kappa shape index (κ3) is 7.10. The number of aryl methyl sites for hydroxylation is 1. The summed E-state index contributed by atoms with van der Waals surface area (Å²) in [4.78, 5) is 15.2. The molecule has 0 N–H and O–H groups in total. The quantitative estimate of drug-likeness (QED) is 0.420. The van der Waals surface area contributed by atoms with Gasteiger partial charge < -0.3 is 14.0 Å². The Kier molecular flexibility index (Phi) is 9.00. The third-order valence-corrected chi connectivity index (χ3v) is 6.63. The third-order valence-electron chi connectivity index (χ3n) is 6.63. The maximum Gasteiger partial charge on any atom is 0.254 e. The summed E-state index contributed by atoms with van der Waals surface area (Å²) in [6.07, 6.45) is 2.18. The zero-order chi connectivity index (χ0) is 25.3. The Morgan fingerprint density at radius 1 is 1.14 bits per heavy atom. The van der Waals surface area contributed by atoms with Crippen LogP contribution in [0.4, 0.5) is 0 Å². The first-order valence-corrected chi connectivity index (χ1v) is 12.7. The Balaban J connectivity index is 1.35. The number of hydrogen-bond donors (Lipinski definition) is 0. The van der Waals surface area contributed by atoms with Crippen LogP contribution in [0.1, 0.15) is 48.2 Å². The van der Waals surface area contributed by atoms with Gasteiger partial charge in [-0.2, -0.15) is 0 Å². The molecule has 1 aliphatic heterocycles. The first kappa shape index (κ1) is 25.8. The van der Waals surface area contributed by atoms with Gasteiger partial charge in [-0.15, -0.1) is 0 Å². The zero-order valence-corrected chi connectivity index (χ0v) is 21.6. The summed E-state index contributed by atoms with van der Waals surface area (Å²) in [5.41, 5.74) is 4.15. The monoisotopic (exact) mass is 484 g/mol. The molecule has 2 heterocycles. The number of nitrogens with zero attached hydrogens (tertiary/aromatic N) is 2. The lowest BCUT2D eigenvalue weighted by Gasteiger charge is -2.23. The molecule has 1 aliphatic rings. The second-order valence-electron chi connectivity index (χ2n) is 9.69. The molecule has 5 nitrogen and oxygen atoms in total. The minimum atomic E-state index is -0.0858. The van der Waals surface area contributed by atoms with Gasteiger partial charge in [0.25, 0.3) is 5.56 Å². The van der Waals surface area contributed by atoms with Gasteiger partial charge in [-0.3, -0.25) is 9.69 Å². The molecule has 1 unspecified atom stereocenters. The lowest BCUT2D eigenvalue weighted by Crippen LogP contribution is -2.27. The van der Waals surface area contributed by atoms with Crippen molar-refractivity contribution in [2.75, 3.05) is 33.4 Å². The summed E-state index contributed by atoms with van der Waals surface area (Å²) in [6.45, 7) is 7.74. The van der Waals surface area contributed by atoms with Crippen LogP contribution >= 0.6 is 0 Å². The second kappa shape index (κ2) is 12.6. The Bertz CT molecular complexity index is 1230. The average molecular weight is 485 g/mol. The Labute approximate surface area is 214 Å². The number of hydrogen-bond acceptors (Lipinski definition) is 4. The molecule has 0 bridgehead atoms. The maximum atomic E-state index is 13.0. The summed E-state index contributed by atoms with van der Waals surface area (Å²) in [5.74, 6) is 7.54. The smallest absolute Gasteiger partial charge is 0.254 e. The molecule has 0 amide bonds. The van der Waals surface area contributed by atoms with Gasteiger partial charge in [0, 0.05) is 36.4 Å². The summed E-state index contributed by atoms with van der Waals surface area (Å²) in [7, 11) is 2.08. The van der Waals surface area contributed by atoms with Crippen LogP contribution in [0, 0.1) is 24.7 Å². The van der Waals surface area contributed by atoms with E-state index in [-0.39, 0.29) is 11.6 Å². The largest absolute Gasteiger partial charge is 0.493 e. The van der Waals surface area contributed by atoms with Crippen molar-refractivity contribution < 1.29 is 9.47 Å². The van der Waals surface area contributed by atoms with E-state index < -0.39 is 0 Å². The molecule has 4 rings (SSSR count). The number of ether oxygens (including phenoxy) is 2. The van der Waals surface area contributed by atoms with E-state index in [1.165, 1.54) is 5.56 Å². The number of rotatable bonds is 8. The molecule has 0 spiro atoms. The Morgan fingerprint density at radius 2 is 1.92 bits per heavy atom. The van der Waals surface area contributed by atoms with Crippen LogP contribution in [0.3, 0.4) is 0 Å². The van der Waals surface area contributed by atoms with Gasteiger partial charge in [-0.25, -0.2) is 0 Å². The van der Waals surface area contributed by atoms with Crippen LogP contribution in [-0.4, -0.2) is 42.9 Å². The molecule has 5 heteroatoms. The fourth-order valence-electron chi connectivity index (χ4n) is 4.64. The molecular formula is C31H36N2O3. The van der Waals surface area contributed by atoms with Crippen molar-refractivity contribution in [3.63, 3.8) is 0 Å². The molecule has 36 heavy (non-hydrogen) atoms. The van der Waals surface area contributed by atoms with Crippen LogP contribution in [0.25, 0.3) is 0 Å². The van der Waals surface area contributed by atoms with Crippen molar-refractivity contribution in [3.8, 4) is 17.6 Å². The predicted octanol–water partition coefficient (Wildman–Crippen LogP) is 5.05. The molecule has 1 saturated heterocycles. The second-order valence-corrected chi connectivity index (χ2v) is 9.69. The van der Waals surface area contributed by atoms with E-state index in [9.17, 15) is 4.79 Å². The molecule has 2 atom stereocenters. The van der Waals surface area contributed by atoms with E-state index in [0.717, 1.165) is 49.4 Å². The standard InChI is InChI=1S/C31H36N2O3/c1-24-19-30(36-23-28-12-8-18-35-22-28)20-31(34)33(24)25(2)29-15-13-26(14-16-29)11-7-17-32(3)21-27-9-5-4-6-10-27/h4-6,9-10,13-16,19-20,25,28H,8,12,17-18,21-23H2,1-3H3/t25-,28?/m1/s1. The highest BCUT2D eigenvalue weighted by molar-refractivity contribution is 5.37. The van der Waals surface area contributed by atoms with Crippen LogP contribution in [0.2, 0.25) is 0 Å². The maximum absolute atomic E-state index is 13.0. The number of aromatic nitrogens is 1. The van der Waals surface area contributed by atoms with E-state index >= 15 is 0 Å². The SMILES string of the molecule is Cc1cc(OCC2CCCOC2)cc(=O)n1[C@H](C)c1ccc(C#CCN(C)Cc2ccccc2)cc1. The molecule has 0 radical (unpaired) electrons. The minimum absolute atomic E-state index is 0.0530. The lowest BCUT2D eigenvalue weighted by molar-refractivity contribution is 0.0351. The van der Waals surface area contributed by atoms with Gasteiger partial charge in [-0.05, 0) is 63.1 Å². The highest BCUT2D eigenvalue weighted by Gasteiger charge is 2.16. The van der Waals surface area contributed by atoms with Crippen molar-refractivity contribution in [2.45, 2.75) is 39.3 Å². The highest BCUT2D eigenvalue weighted by atomic mass is 16.5. The van der Waals surface area contributed by atoms with Crippen molar-refractivity contribution in [2.24, 2.45) is 5.92 Å². The first-order valence-electron chi connectivity index (χ1n) is 12.7. The summed E-state index contributed by atoms with van der Waals surface area (Å²) in [5, 5.41) is 0. The van der Waals surface area contributed by atoms with Gasteiger partial charge in [-0.1, -0.05) is 54.3 Å². The van der Waals surface area contributed by atoms with Gasteiger partial charge in [0.05, 0.1) is 25.8 Å². The first-order chi connectivity index (χ1) is 17.5. The molecule has 0 aliphatic carbocycles. The minimum Gasteiger partial charge on any atom is -0.493 e. The fraction of sp³-hybridized carbons (Fsp3) is 0.387. The van der Waals surface area contributed by atoms with Gasteiger partial charge in [0.1, 0.15) is 5.75 Å². The average Bonchev–Trinajstić information content (AvgIpc) is 2.88.